The highest BCUT2D eigenvalue weighted by atomic mass is 16.2. The highest BCUT2D eigenvalue weighted by molar-refractivity contribution is 6.06. The molecule has 0 radical (unpaired) electrons. The third-order valence-corrected chi connectivity index (χ3v) is 4.04. The van der Waals surface area contributed by atoms with E-state index in [2.05, 4.69) is 10.3 Å². The van der Waals surface area contributed by atoms with Crippen LogP contribution in [0.15, 0.2) is 46.0 Å². The number of hydrogen-bond acceptors (Lipinski definition) is 3. The predicted octanol–water partition coefficient (Wildman–Crippen LogP) is 2.58. The van der Waals surface area contributed by atoms with Gasteiger partial charge < -0.3 is 10.3 Å². The number of amides is 1. The molecule has 0 aliphatic heterocycles. The van der Waals surface area contributed by atoms with E-state index in [0.717, 1.165) is 15.7 Å². The average molecular weight is 337 g/mol. The van der Waals surface area contributed by atoms with Gasteiger partial charge in [0.05, 0.1) is 10.9 Å². The van der Waals surface area contributed by atoms with Crippen molar-refractivity contribution in [1.29, 1.82) is 0 Å². The van der Waals surface area contributed by atoms with Crippen LogP contribution in [0.4, 0.5) is 5.69 Å². The summed E-state index contributed by atoms with van der Waals surface area (Å²) in [6.45, 7) is 5.94. The maximum Gasteiger partial charge on any atom is 0.328 e. The smallest absolute Gasteiger partial charge is 0.322 e. The number of H-pyrrole nitrogens is 1. The van der Waals surface area contributed by atoms with Crippen LogP contribution in [0, 0.1) is 13.8 Å². The van der Waals surface area contributed by atoms with Crippen molar-refractivity contribution in [2.24, 2.45) is 0 Å². The Kier molecular flexibility index (Phi) is 4.27. The molecule has 0 fully saturated rings. The molecule has 25 heavy (non-hydrogen) atoms. The van der Waals surface area contributed by atoms with Crippen LogP contribution in [0.3, 0.4) is 0 Å². The second kappa shape index (κ2) is 6.39. The summed E-state index contributed by atoms with van der Waals surface area (Å²) in [6, 6.07) is 10.5. The van der Waals surface area contributed by atoms with Crippen molar-refractivity contribution < 1.29 is 4.79 Å². The van der Waals surface area contributed by atoms with Gasteiger partial charge in [-0.2, -0.15) is 0 Å². The van der Waals surface area contributed by atoms with Gasteiger partial charge in [-0.1, -0.05) is 6.07 Å². The SMILES string of the molecule is CCn1c(=O)[nH]c2cc(C(=O)Nc3cc(C)cc(C)c3)ccc2c1=O. The van der Waals surface area contributed by atoms with Gasteiger partial charge in [0.25, 0.3) is 11.5 Å². The number of aryl methyl sites for hydroxylation is 2. The molecule has 0 aliphatic rings. The highest BCUT2D eigenvalue weighted by Gasteiger charge is 2.11. The first-order valence-electron chi connectivity index (χ1n) is 8.05. The first-order valence-corrected chi connectivity index (χ1v) is 8.05. The van der Waals surface area contributed by atoms with E-state index in [1.54, 1.807) is 19.1 Å². The van der Waals surface area contributed by atoms with Gasteiger partial charge >= 0.3 is 5.69 Å². The van der Waals surface area contributed by atoms with E-state index in [-0.39, 0.29) is 11.5 Å². The Morgan fingerprint density at radius 2 is 1.76 bits per heavy atom. The first-order chi connectivity index (χ1) is 11.9. The van der Waals surface area contributed by atoms with E-state index in [9.17, 15) is 14.4 Å². The summed E-state index contributed by atoms with van der Waals surface area (Å²) in [5, 5.41) is 3.22. The van der Waals surface area contributed by atoms with E-state index in [4.69, 9.17) is 0 Å². The Bertz CT molecular complexity index is 1070. The molecule has 0 saturated heterocycles. The Labute approximate surface area is 144 Å². The summed E-state index contributed by atoms with van der Waals surface area (Å²) in [6.07, 6.45) is 0. The lowest BCUT2D eigenvalue weighted by Gasteiger charge is -2.09. The van der Waals surface area contributed by atoms with Crippen LogP contribution >= 0.6 is 0 Å². The molecule has 128 valence electrons. The molecule has 1 heterocycles. The van der Waals surface area contributed by atoms with Gasteiger partial charge in [0.1, 0.15) is 0 Å². The van der Waals surface area contributed by atoms with Crippen molar-refractivity contribution in [2.75, 3.05) is 5.32 Å². The number of hydrogen-bond donors (Lipinski definition) is 2. The van der Waals surface area contributed by atoms with Crippen LogP contribution in [0.5, 0.6) is 0 Å². The van der Waals surface area contributed by atoms with Crippen molar-refractivity contribution in [3.8, 4) is 0 Å². The van der Waals surface area contributed by atoms with Gasteiger partial charge in [0, 0.05) is 17.8 Å². The van der Waals surface area contributed by atoms with Crippen molar-refractivity contribution >= 4 is 22.5 Å². The molecule has 6 nitrogen and oxygen atoms in total. The van der Waals surface area contributed by atoms with Crippen LogP contribution in [0.25, 0.3) is 10.9 Å². The second-order valence-electron chi connectivity index (χ2n) is 6.07. The van der Waals surface area contributed by atoms with E-state index >= 15 is 0 Å². The Hall–Kier alpha value is -3.15. The molecule has 1 aromatic heterocycles. The zero-order valence-electron chi connectivity index (χ0n) is 14.3. The van der Waals surface area contributed by atoms with Gasteiger partial charge in [-0.05, 0) is 62.2 Å². The van der Waals surface area contributed by atoms with Crippen LogP contribution in [-0.2, 0) is 6.54 Å². The molecular weight excluding hydrogens is 318 g/mol. The number of benzene rings is 2. The van der Waals surface area contributed by atoms with Gasteiger partial charge in [0.2, 0.25) is 0 Å². The van der Waals surface area contributed by atoms with E-state index in [1.165, 1.54) is 6.07 Å². The molecule has 0 bridgehead atoms. The molecule has 2 N–H and O–H groups in total. The summed E-state index contributed by atoms with van der Waals surface area (Å²) in [5.74, 6) is -0.299. The molecule has 0 atom stereocenters. The minimum absolute atomic E-state index is 0.291. The Balaban J connectivity index is 2.00. The molecule has 2 aromatic carbocycles. The fourth-order valence-electron chi connectivity index (χ4n) is 2.93. The molecule has 0 saturated carbocycles. The number of carbonyl (C=O) groups is 1. The molecule has 6 heteroatoms. The second-order valence-corrected chi connectivity index (χ2v) is 6.07. The van der Waals surface area contributed by atoms with Crippen molar-refractivity contribution in [3.63, 3.8) is 0 Å². The average Bonchev–Trinajstić information content (AvgIpc) is 2.53. The number of aromatic nitrogens is 2. The topological polar surface area (TPSA) is 84.0 Å². The van der Waals surface area contributed by atoms with Gasteiger partial charge in [-0.3, -0.25) is 14.2 Å². The van der Waals surface area contributed by atoms with Crippen LogP contribution in [0.2, 0.25) is 0 Å². The summed E-state index contributed by atoms with van der Waals surface area (Å²) < 4.78 is 1.12. The molecule has 0 unspecified atom stereocenters. The lowest BCUT2D eigenvalue weighted by Crippen LogP contribution is -2.34. The van der Waals surface area contributed by atoms with E-state index < -0.39 is 5.69 Å². The standard InChI is InChI=1S/C19H19N3O3/c1-4-22-18(24)15-6-5-13(10-16(15)21-19(22)25)17(23)20-14-8-11(2)7-12(3)9-14/h5-10H,4H2,1-3H3,(H,20,23)(H,21,25). The summed E-state index contributed by atoms with van der Waals surface area (Å²) in [5.41, 5.74) is 2.70. The number of rotatable bonds is 3. The zero-order valence-corrected chi connectivity index (χ0v) is 14.3. The number of anilines is 1. The van der Waals surface area contributed by atoms with Crippen LogP contribution in [0.1, 0.15) is 28.4 Å². The Morgan fingerprint density at radius 1 is 1.08 bits per heavy atom. The maximum absolute atomic E-state index is 12.5. The van der Waals surface area contributed by atoms with Crippen LogP contribution < -0.4 is 16.6 Å². The predicted molar refractivity (Wildman–Crippen MR) is 98.4 cm³/mol. The van der Waals surface area contributed by atoms with Gasteiger partial charge in [-0.25, -0.2) is 4.79 Å². The number of nitrogens with zero attached hydrogens (tertiary/aromatic N) is 1. The number of aromatic amines is 1. The quantitative estimate of drug-likeness (QED) is 0.770. The maximum atomic E-state index is 12.5. The number of fused-ring (bicyclic) bond motifs is 1. The third-order valence-electron chi connectivity index (χ3n) is 4.04. The summed E-state index contributed by atoms with van der Waals surface area (Å²) in [7, 11) is 0. The molecule has 3 rings (SSSR count). The van der Waals surface area contributed by atoms with E-state index in [1.807, 2.05) is 32.0 Å². The summed E-state index contributed by atoms with van der Waals surface area (Å²) in [4.78, 5) is 39.4. The van der Waals surface area contributed by atoms with Crippen LogP contribution in [-0.4, -0.2) is 15.5 Å². The van der Waals surface area contributed by atoms with Crippen molar-refractivity contribution in [2.45, 2.75) is 27.3 Å². The van der Waals surface area contributed by atoms with Gasteiger partial charge in [-0.15, -0.1) is 0 Å². The first kappa shape index (κ1) is 16.7. The van der Waals surface area contributed by atoms with Gasteiger partial charge in [0.15, 0.2) is 0 Å². The largest absolute Gasteiger partial charge is 0.328 e. The molecule has 0 aliphatic carbocycles. The fourth-order valence-corrected chi connectivity index (χ4v) is 2.93. The highest BCUT2D eigenvalue weighted by Crippen LogP contribution is 2.16. The van der Waals surface area contributed by atoms with Crippen molar-refractivity contribution in [3.05, 3.63) is 73.9 Å². The van der Waals surface area contributed by atoms with E-state index in [0.29, 0.717) is 28.7 Å². The molecular formula is C19H19N3O3. The number of carbonyl (C=O) groups excluding carboxylic acids is 1. The molecule has 0 spiro atoms. The monoisotopic (exact) mass is 337 g/mol. The van der Waals surface area contributed by atoms with Crippen molar-refractivity contribution in [1.82, 2.24) is 9.55 Å². The normalized spacial score (nSPS) is 10.8. The minimum Gasteiger partial charge on any atom is -0.322 e. The Morgan fingerprint density at radius 3 is 2.40 bits per heavy atom. The fraction of sp³-hybridized carbons (Fsp3) is 0.211. The lowest BCUT2D eigenvalue weighted by molar-refractivity contribution is 0.102. The summed E-state index contributed by atoms with van der Waals surface area (Å²) >= 11 is 0. The number of nitrogens with one attached hydrogen (secondary N) is 2. The molecule has 3 aromatic rings. The molecule has 1 amide bonds. The lowest BCUT2D eigenvalue weighted by atomic mass is 10.1. The zero-order chi connectivity index (χ0) is 18.1. The minimum atomic E-state index is -0.480. The third kappa shape index (κ3) is 3.24.